The first-order valence-electron chi connectivity index (χ1n) is 7.69. The molecule has 6 nitrogen and oxygen atoms in total. The highest BCUT2D eigenvalue weighted by Crippen LogP contribution is 2.20. The van der Waals surface area contributed by atoms with E-state index in [0.29, 0.717) is 13.1 Å². The van der Waals surface area contributed by atoms with Gasteiger partial charge in [0.25, 0.3) is 0 Å². The maximum absolute atomic E-state index is 12.5. The number of hydrogen-bond acceptors (Lipinski definition) is 6. The third kappa shape index (κ3) is 4.04. The molecule has 122 valence electrons. The van der Waals surface area contributed by atoms with Crippen LogP contribution in [-0.2, 0) is 10.5 Å². The fourth-order valence-corrected chi connectivity index (χ4v) is 3.38. The molecular weight excluding hydrogens is 312 g/mol. The number of nitrogens with zero attached hydrogens (tertiary/aromatic N) is 4. The normalized spacial score (nSPS) is 16.4. The topological polar surface area (TPSA) is 62.5 Å². The third-order valence-corrected chi connectivity index (χ3v) is 4.98. The van der Waals surface area contributed by atoms with Crippen LogP contribution in [-0.4, -0.2) is 52.2 Å². The van der Waals surface area contributed by atoms with E-state index in [9.17, 15) is 4.79 Å². The summed E-state index contributed by atoms with van der Waals surface area (Å²) >= 11 is 1.61. The van der Waals surface area contributed by atoms with Crippen molar-refractivity contribution in [2.75, 3.05) is 31.1 Å². The molecule has 0 spiro atoms. The molecule has 0 radical (unpaired) electrons. The molecule has 1 amide bonds. The summed E-state index contributed by atoms with van der Waals surface area (Å²) in [5.41, 5.74) is 0. The van der Waals surface area contributed by atoms with E-state index in [1.807, 2.05) is 24.0 Å². The molecular formula is C16H20N4O2S. The van der Waals surface area contributed by atoms with Crippen molar-refractivity contribution >= 4 is 23.6 Å². The highest BCUT2D eigenvalue weighted by atomic mass is 32.2. The quantitative estimate of drug-likeness (QED) is 0.835. The SMILES string of the molecule is CC(SCc1ccco1)C(=O)N1CCN(c2ncccn2)CC1. The second-order valence-electron chi connectivity index (χ2n) is 5.39. The molecule has 2 aromatic rings. The van der Waals surface area contributed by atoms with Gasteiger partial charge in [0.05, 0.1) is 17.3 Å². The molecule has 0 bridgehead atoms. The Bertz CT molecular complexity index is 612. The van der Waals surface area contributed by atoms with Crippen molar-refractivity contribution in [1.29, 1.82) is 0 Å². The number of anilines is 1. The highest BCUT2D eigenvalue weighted by molar-refractivity contribution is 7.99. The van der Waals surface area contributed by atoms with E-state index in [1.54, 1.807) is 36.5 Å². The summed E-state index contributed by atoms with van der Waals surface area (Å²) in [6.07, 6.45) is 5.15. The minimum Gasteiger partial charge on any atom is -0.468 e. The molecule has 3 heterocycles. The fourth-order valence-electron chi connectivity index (χ4n) is 2.51. The molecule has 23 heavy (non-hydrogen) atoms. The van der Waals surface area contributed by atoms with Crippen LogP contribution in [0.2, 0.25) is 0 Å². The van der Waals surface area contributed by atoms with Crippen LogP contribution in [0, 0.1) is 0 Å². The maximum atomic E-state index is 12.5. The van der Waals surface area contributed by atoms with Gasteiger partial charge in [-0.1, -0.05) is 0 Å². The average Bonchev–Trinajstić information content (AvgIpc) is 3.13. The lowest BCUT2D eigenvalue weighted by Crippen LogP contribution is -2.51. The van der Waals surface area contributed by atoms with Crippen molar-refractivity contribution in [3.8, 4) is 0 Å². The second kappa shape index (κ2) is 7.50. The van der Waals surface area contributed by atoms with Gasteiger partial charge in [-0.15, -0.1) is 11.8 Å². The van der Waals surface area contributed by atoms with Crippen LogP contribution in [0.25, 0.3) is 0 Å². The third-order valence-electron chi connectivity index (χ3n) is 3.83. The van der Waals surface area contributed by atoms with Crippen molar-refractivity contribution in [1.82, 2.24) is 14.9 Å². The molecule has 2 aromatic heterocycles. The molecule has 3 rings (SSSR count). The van der Waals surface area contributed by atoms with Gasteiger partial charge in [0.1, 0.15) is 5.76 Å². The van der Waals surface area contributed by atoms with Crippen molar-refractivity contribution in [2.24, 2.45) is 0 Å². The van der Waals surface area contributed by atoms with Gasteiger partial charge in [-0.25, -0.2) is 9.97 Å². The Kier molecular flexibility index (Phi) is 5.17. The summed E-state index contributed by atoms with van der Waals surface area (Å²) in [5.74, 6) is 2.55. The van der Waals surface area contributed by atoms with Crippen LogP contribution < -0.4 is 4.90 Å². The van der Waals surface area contributed by atoms with Gasteiger partial charge < -0.3 is 14.2 Å². The van der Waals surface area contributed by atoms with E-state index in [0.717, 1.165) is 30.6 Å². The lowest BCUT2D eigenvalue weighted by atomic mass is 10.3. The smallest absolute Gasteiger partial charge is 0.235 e. The number of furan rings is 1. The van der Waals surface area contributed by atoms with Gasteiger partial charge in [0.15, 0.2) is 0 Å². The number of rotatable bonds is 5. The van der Waals surface area contributed by atoms with Crippen LogP contribution in [0.1, 0.15) is 12.7 Å². The zero-order valence-electron chi connectivity index (χ0n) is 13.1. The number of carbonyl (C=O) groups is 1. The Labute approximate surface area is 139 Å². The first-order valence-corrected chi connectivity index (χ1v) is 8.73. The molecule has 1 aliphatic rings. The Hall–Kier alpha value is -2.02. The molecule has 1 atom stereocenters. The van der Waals surface area contributed by atoms with Crippen LogP contribution in [0.4, 0.5) is 5.95 Å². The molecule has 0 saturated carbocycles. The van der Waals surface area contributed by atoms with Gasteiger partial charge in [-0.05, 0) is 25.1 Å². The number of carbonyl (C=O) groups excluding carboxylic acids is 1. The number of piperazine rings is 1. The predicted molar refractivity (Wildman–Crippen MR) is 90.3 cm³/mol. The van der Waals surface area contributed by atoms with E-state index in [1.165, 1.54) is 0 Å². The number of amides is 1. The zero-order valence-corrected chi connectivity index (χ0v) is 13.9. The summed E-state index contributed by atoms with van der Waals surface area (Å²) in [4.78, 5) is 25.1. The monoisotopic (exact) mass is 332 g/mol. The van der Waals surface area contributed by atoms with Crippen LogP contribution in [0.15, 0.2) is 41.3 Å². The molecule has 7 heteroatoms. The van der Waals surface area contributed by atoms with E-state index < -0.39 is 0 Å². The summed E-state index contributed by atoms with van der Waals surface area (Å²) < 4.78 is 5.31. The summed E-state index contributed by atoms with van der Waals surface area (Å²) in [6, 6.07) is 5.61. The van der Waals surface area contributed by atoms with Crippen molar-refractivity contribution in [3.63, 3.8) is 0 Å². The molecule has 0 aromatic carbocycles. The average molecular weight is 332 g/mol. The molecule has 1 saturated heterocycles. The molecule has 0 N–H and O–H groups in total. The molecule has 1 fully saturated rings. The lowest BCUT2D eigenvalue weighted by Gasteiger charge is -2.35. The predicted octanol–water partition coefficient (Wildman–Crippen LogP) is 2.04. The van der Waals surface area contributed by atoms with Crippen molar-refractivity contribution in [3.05, 3.63) is 42.6 Å². The number of hydrogen-bond donors (Lipinski definition) is 0. The number of thioether (sulfide) groups is 1. The minimum absolute atomic E-state index is 0.0698. The van der Waals surface area contributed by atoms with E-state index in [4.69, 9.17) is 4.42 Å². The largest absolute Gasteiger partial charge is 0.468 e. The summed E-state index contributed by atoms with van der Waals surface area (Å²) in [6.45, 7) is 4.92. The number of aromatic nitrogens is 2. The van der Waals surface area contributed by atoms with Crippen molar-refractivity contribution < 1.29 is 9.21 Å². The first kappa shape index (κ1) is 15.9. The van der Waals surface area contributed by atoms with Crippen LogP contribution in [0.3, 0.4) is 0 Å². The van der Waals surface area contributed by atoms with Gasteiger partial charge in [-0.2, -0.15) is 0 Å². The Balaban J connectivity index is 1.47. The van der Waals surface area contributed by atoms with Gasteiger partial charge >= 0.3 is 0 Å². The van der Waals surface area contributed by atoms with E-state index in [2.05, 4.69) is 14.9 Å². The highest BCUT2D eigenvalue weighted by Gasteiger charge is 2.26. The fraction of sp³-hybridized carbons (Fsp3) is 0.438. The second-order valence-corrected chi connectivity index (χ2v) is 6.72. The molecule has 1 aliphatic heterocycles. The van der Waals surface area contributed by atoms with Crippen molar-refractivity contribution in [2.45, 2.75) is 17.9 Å². The van der Waals surface area contributed by atoms with Gasteiger partial charge in [-0.3, -0.25) is 4.79 Å². The Morgan fingerprint density at radius 1 is 1.26 bits per heavy atom. The molecule has 0 aliphatic carbocycles. The zero-order chi connectivity index (χ0) is 16.1. The standard InChI is InChI=1S/C16H20N4O2S/c1-13(23-12-14-4-2-11-22-14)15(21)19-7-9-20(10-8-19)16-17-5-3-6-18-16/h2-6,11,13H,7-10,12H2,1H3. The lowest BCUT2D eigenvalue weighted by molar-refractivity contribution is -0.130. The first-order chi connectivity index (χ1) is 11.2. The van der Waals surface area contributed by atoms with Gasteiger partial charge in [0, 0.05) is 38.6 Å². The van der Waals surface area contributed by atoms with Crippen LogP contribution in [0.5, 0.6) is 0 Å². The van der Waals surface area contributed by atoms with E-state index in [-0.39, 0.29) is 11.2 Å². The minimum atomic E-state index is -0.0698. The maximum Gasteiger partial charge on any atom is 0.235 e. The van der Waals surface area contributed by atoms with E-state index >= 15 is 0 Å². The Morgan fingerprint density at radius 2 is 2.00 bits per heavy atom. The Morgan fingerprint density at radius 3 is 2.65 bits per heavy atom. The summed E-state index contributed by atoms with van der Waals surface area (Å²) in [5, 5.41) is -0.0698. The molecule has 1 unspecified atom stereocenters. The van der Waals surface area contributed by atoms with Crippen LogP contribution >= 0.6 is 11.8 Å². The van der Waals surface area contributed by atoms with Gasteiger partial charge in [0.2, 0.25) is 11.9 Å². The summed E-state index contributed by atoms with van der Waals surface area (Å²) in [7, 11) is 0.